The van der Waals surface area contributed by atoms with Crippen molar-refractivity contribution in [3.8, 4) is 0 Å². The number of rotatable bonds is 4. The molecule has 2 N–H and O–H groups in total. The van der Waals surface area contributed by atoms with Crippen molar-refractivity contribution in [3.63, 3.8) is 0 Å². The molecule has 1 aliphatic heterocycles. The van der Waals surface area contributed by atoms with Crippen LogP contribution in [0.5, 0.6) is 0 Å². The van der Waals surface area contributed by atoms with Gasteiger partial charge in [-0.2, -0.15) is 0 Å². The van der Waals surface area contributed by atoms with E-state index in [2.05, 4.69) is 5.32 Å². The quantitative estimate of drug-likeness (QED) is 0.851. The van der Waals surface area contributed by atoms with E-state index < -0.39 is 11.5 Å². The molecule has 1 saturated heterocycles. The molecule has 1 atom stereocenters. The van der Waals surface area contributed by atoms with Crippen molar-refractivity contribution in [1.82, 2.24) is 10.2 Å². The molecular formula is C21H28N2O4. The molecule has 1 aromatic carbocycles. The Bertz CT molecular complexity index is 707. The second-order valence-corrected chi connectivity index (χ2v) is 7.89. The molecule has 0 aromatic heterocycles. The Kier molecular flexibility index (Phi) is 5.82. The zero-order valence-corrected chi connectivity index (χ0v) is 15.9. The Morgan fingerprint density at radius 1 is 1.07 bits per heavy atom. The summed E-state index contributed by atoms with van der Waals surface area (Å²) in [6.45, 7) is 2.94. The minimum Gasteiger partial charge on any atom is -0.480 e. The number of carboxylic acid groups (broad SMARTS) is 1. The molecule has 1 saturated carbocycles. The standard InChI is InChI=1S/C21H28N2O4/c1-15-7-9-16(10-8-15)19(25)23-13-5-6-17(14-23)18(24)22-21(20(26)27)11-3-2-4-12-21/h7-10,17H,2-6,11-14H2,1H3,(H,22,24)(H,26,27)/t17-/m0/s1. The Balaban J connectivity index is 1.66. The largest absolute Gasteiger partial charge is 0.480 e. The summed E-state index contributed by atoms with van der Waals surface area (Å²) in [6.07, 6.45) is 5.02. The summed E-state index contributed by atoms with van der Waals surface area (Å²) in [6, 6.07) is 7.42. The third-order valence-electron chi connectivity index (χ3n) is 5.86. The van der Waals surface area contributed by atoms with Gasteiger partial charge in [0.2, 0.25) is 5.91 Å². The molecule has 146 valence electrons. The van der Waals surface area contributed by atoms with Crippen molar-refractivity contribution >= 4 is 17.8 Å². The molecule has 3 rings (SSSR count). The number of carboxylic acids is 1. The summed E-state index contributed by atoms with van der Waals surface area (Å²) >= 11 is 0. The smallest absolute Gasteiger partial charge is 0.329 e. The number of carbonyl (C=O) groups is 3. The minimum atomic E-state index is -1.14. The Morgan fingerprint density at radius 3 is 2.37 bits per heavy atom. The molecule has 2 fully saturated rings. The highest BCUT2D eigenvalue weighted by molar-refractivity contribution is 5.95. The van der Waals surface area contributed by atoms with Gasteiger partial charge < -0.3 is 15.3 Å². The molecule has 1 aromatic rings. The second-order valence-electron chi connectivity index (χ2n) is 7.89. The Labute approximate surface area is 159 Å². The predicted octanol–water partition coefficient (Wildman–Crippen LogP) is 2.75. The van der Waals surface area contributed by atoms with Gasteiger partial charge in [0, 0.05) is 18.7 Å². The Morgan fingerprint density at radius 2 is 1.74 bits per heavy atom. The first-order valence-corrected chi connectivity index (χ1v) is 9.83. The van der Waals surface area contributed by atoms with Crippen LogP contribution in [-0.2, 0) is 9.59 Å². The van der Waals surface area contributed by atoms with E-state index >= 15 is 0 Å². The number of carbonyl (C=O) groups excluding carboxylic acids is 2. The molecule has 0 spiro atoms. The van der Waals surface area contributed by atoms with Crippen LogP contribution in [-0.4, -0.2) is 46.4 Å². The maximum Gasteiger partial charge on any atom is 0.329 e. The highest BCUT2D eigenvalue weighted by Gasteiger charge is 2.42. The minimum absolute atomic E-state index is 0.0712. The number of hydrogen-bond acceptors (Lipinski definition) is 3. The second kappa shape index (κ2) is 8.11. The number of piperidine rings is 1. The van der Waals surface area contributed by atoms with E-state index in [1.165, 1.54) is 0 Å². The lowest BCUT2D eigenvalue weighted by Crippen LogP contribution is -2.58. The zero-order chi connectivity index (χ0) is 19.4. The van der Waals surface area contributed by atoms with Crippen LogP contribution in [0.3, 0.4) is 0 Å². The van der Waals surface area contributed by atoms with Crippen LogP contribution in [0, 0.1) is 12.8 Å². The van der Waals surface area contributed by atoms with Crippen LogP contribution in [0.2, 0.25) is 0 Å². The lowest BCUT2D eigenvalue weighted by atomic mass is 9.81. The van der Waals surface area contributed by atoms with Gasteiger partial charge in [-0.3, -0.25) is 9.59 Å². The first-order chi connectivity index (χ1) is 12.9. The van der Waals surface area contributed by atoms with Crippen molar-refractivity contribution in [2.75, 3.05) is 13.1 Å². The van der Waals surface area contributed by atoms with Crippen molar-refractivity contribution in [3.05, 3.63) is 35.4 Å². The van der Waals surface area contributed by atoms with Crippen molar-refractivity contribution in [1.29, 1.82) is 0 Å². The molecule has 0 radical (unpaired) electrons. The van der Waals surface area contributed by atoms with Gasteiger partial charge in [0.1, 0.15) is 5.54 Å². The number of amides is 2. The van der Waals surface area contributed by atoms with Crippen LogP contribution in [0.1, 0.15) is 60.9 Å². The number of aliphatic carboxylic acids is 1. The molecular weight excluding hydrogens is 344 g/mol. The lowest BCUT2D eigenvalue weighted by Gasteiger charge is -2.37. The number of aryl methyl sites for hydroxylation is 1. The highest BCUT2D eigenvalue weighted by Crippen LogP contribution is 2.29. The number of benzene rings is 1. The normalized spacial score (nSPS) is 22.1. The molecule has 2 amide bonds. The van der Waals surface area contributed by atoms with E-state index in [1.807, 2.05) is 31.2 Å². The topological polar surface area (TPSA) is 86.7 Å². The molecule has 6 nitrogen and oxygen atoms in total. The maximum absolute atomic E-state index is 12.8. The summed E-state index contributed by atoms with van der Waals surface area (Å²) < 4.78 is 0. The molecule has 2 aliphatic rings. The monoisotopic (exact) mass is 372 g/mol. The first-order valence-electron chi connectivity index (χ1n) is 9.83. The molecule has 6 heteroatoms. The van der Waals surface area contributed by atoms with Gasteiger partial charge in [-0.15, -0.1) is 0 Å². The van der Waals surface area contributed by atoms with Gasteiger partial charge in [0.25, 0.3) is 5.91 Å². The predicted molar refractivity (Wildman–Crippen MR) is 101 cm³/mol. The van der Waals surface area contributed by atoms with Gasteiger partial charge in [-0.1, -0.05) is 37.0 Å². The van der Waals surface area contributed by atoms with Crippen LogP contribution < -0.4 is 5.32 Å². The van der Waals surface area contributed by atoms with Crippen molar-refractivity contribution < 1.29 is 19.5 Å². The summed E-state index contributed by atoms with van der Waals surface area (Å²) in [4.78, 5) is 39.1. The summed E-state index contributed by atoms with van der Waals surface area (Å²) in [5.74, 6) is -1.61. The molecule has 1 aliphatic carbocycles. The van der Waals surface area contributed by atoms with Gasteiger partial charge in [-0.25, -0.2) is 4.79 Å². The molecule has 27 heavy (non-hydrogen) atoms. The van der Waals surface area contributed by atoms with E-state index in [9.17, 15) is 19.5 Å². The molecule has 0 unspecified atom stereocenters. The van der Waals surface area contributed by atoms with Gasteiger partial charge in [0.05, 0.1) is 5.92 Å². The van der Waals surface area contributed by atoms with Crippen LogP contribution in [0.15, 0.2) is 24.3 Å². The number of likely N-dealkylation sites (tertiary alicyclic amines) is 1. The maximum atomic E-state index is 12.8. The fraction of sp³-hybridized carbons (Fsp3) is 0.571. The van der Waals surface area contributed by atoms with Crippen molar-refractivity contribution in [2.24, 2.45) is 5.92 Å². The van der Waals surface area contributed by atoms with Crippen LogP contribution >= 0.6 is 0 Å². The molecule has 1 heterocycles. The third-order valence-corrected chi connectivity index (χ3v) is 5.86. The van der Waals surface area contributed by atoms with Gasteiger partial charge >= 0.3 is 5.97 Å². The van der Waals surface area contributed by atoms with E-state index in [0.717, 1.165) is 31.2 Å². The fourth-order valence-electron chi connectivity index (χ4n) is 4.14. The highest BCUT2D eigenvalue weighted by atomic mass is 16.4. The van der Waals surface area contributed by atoms with E-state index in [1.54, 1.807) is 4.90 Å². The van der Waals surface area contributed by atoms with E-state index in [4.69, 9.17) is 0 Å². The average Bonchev–Trinajstić information content (AvgIpc) is 2.68. The molecule has 0 bridgehead atoms. The fourth-order valence-corrected chi connectivity index (χ4v) is 4.14. The van der Waals surface area contributed by atoms with Crippen LogP contribution in [0.4, 0.5) is 0 Å². The average molecular weight is 372 g/mol. The van der Waals surface area contributed by atoms with Gasteiger partial charge in [-0.05, 0) is 44.7 Å². The summed E-state index contributed by atoms with van der Waals surface area (Å²) in [7, 11) is 0. The SMILES string of the molecule is Cc1ccc(C(=O)N2CCC[C@H](C(=O)NC3(C(=O)O)CCCCC3)C2)cc1. The Hall–Kier alpha value is -2.37. The lowest BCUT2D eigenvalue weighted by molar-refractivity contribution is -0.150. The van der Waals surface area contributed by atoms with E-state index in [-0.39, 0.29) is 17.7 Å². The summed E-state index contributed by atoms with van der Waals surface area (Å²) in [5.41, 5.74) is 0.573. The van der Waals surface area contributed by atoms with E-state index in [0.29, 0.717) is 37.9 Å². The zero-order valence-electron chi connectivity index (χ0n) is 15.9. The van der Waals surface area contributed by atoms with Crippen LogP contribution in [0.25, 0.3) is 0 Å². The summed E-state index contributed by atoms with van der Waals surface area (Å²) in [5, 5.41) is 12.5. The number of nitrogens with zero attached hydrogens (tertiary/aromatic N) is 1. The number of hydrogen-bond donors (Lipinski definition) is 2. The number of nitrogens with one attached hydrogen (secondary N) is 1. The van der Waals surface area contributed by atoms with Crippen molar-refractivity contribution in [2.45, 2.75) is 57.4 Å². The van der Waals surface area contributed by atoms with Gasteiger partial charge in [0.15, 0.2) is 0 Å². The third kappa shape index (κ3) is 4.31. The first kappa shape index (κ1) is 19.4.